The Morgan fingerprint density at radius 1 is 1.00 bits per heavy atom. The van der Waals surface area contributed by atoms with E-state index in [-0.39, 0.29) is 18.1 Å². The SMILES string of the molecule is NC(N)=NCCCC(N)C(=O)NCC(=O)NC(CS)C(=O)NC(CC(=O)O)C(=O)O. The van der Waals surface area contributed by atoms with Crippen LogP contribution < -0.4 is 33.2 Å². The van der Waals surface area contributed by atoms with Gasteiger partial charge in [-0.25, -0.2) is 4.79 Å². The number of carbonyl (C=O) groups excluding carboxylic acids is 3. The third-order valence-electron chi connectivity index (χ3n) is 3.56. The summed E-state index contributed by atoms with van der Waals surface area (Å²) in [5, 5.41) is 24.2. The summed E-state index contributed by atoms with van der Waals surface area (Å²) in [6, 6.07) is -3.82. The van der Waals surface area contributed by atoms with E-state index in [1.54, 1.807) is 0 Å². The van der Waals surface area contributed by atoms with E-state index in [1.807, 2.05) is 5.32 Å². The summed E-state index contributed by atoms with van der Waals surface area (Å²) >= 11 is 3.90. The summed E-state index contributed by atoms with van der Waals surface area (Å²) in [7, 11) is 0. The van der Waals surface area contributed by atoms with Crippen LogP contribution in [-0.2, 0) is 24.0 Å². The molecule has 0 heterocycles. The molecule has 3 atom stereocenters. The van der Waals surface area contributed by atoms with Crippen LogP contribution in [0.25, 0.3) is 0 Å². The Morgan fingerprint density at radius 2 is 1.63 bits per heavy atom. The van der Waals surface area contributed by atoms with Crippen molar-refractivity contribution in [3.63, 3.8) is 0 Å². The lowest BCUT2D eigenvalue weighted by Crippen LogP contribution is -2.54. The van der Waals surface area contributed by atoms with Gasteiger partial charge >= 0.3 is 11.9 Å². The van der Waals surface area contributed by atoms with Crippen molar-refractivity contribution in [2.45, 2.75) is 37.4 Å². The Balaban J connectivity index is 4.52. The molecule has 0 aromatic carbocycles. The Labute approximate surface area is 177 Å². The molecule has 3 unspecified atom stereocenters. The number of rotatable bonds is 14. The van der Waals surface area contributed by atoms with Crippen LogP contribution in [0, 0.1) is 0 Å². The third-order valence-corrected chi connectivity index (χ3v) is 3.92. The van der Waals surface area contributed by atoms with Crippen molar-refractivity contribution in [2.24, 2.45) is 22.2 Å². The quantitative estimate of drug-likeness (QED) is 0.0536. The normalized spacial score (nSPS) is 13.3. The van der Waals surface area contributed by atoms with Gasteiger partial charge in [0.2, 0.25) is 17.7 Å². The van der Waals surface area contributed by atoms with Crippen molar-refractivity contribution in [1.82, 2.24) is 16.0 Å². The minimum atomic E-state index is -1.68. The molecular weight excluding hydrogens is 422 g/mol. The van der Waals surface area contributed by atoms with Gasteiger partial charge in [-0.3, -0.25) is 24.2 Å². The molecule has 3 amide bonds. The molecule has 0 aromatic rings. The van der Waals surface area contributed by atoms with Gasteiger partial charge in [-0.05, 0) is 12.8 Å². The lowest BCUT2D eigenvalue weighted by molar-refractivity contribution is -0.147. The molecule has 0 spiro atoms. The number of nitrogens with zero attached hydrogens (tertiary/aromatic N) is 1. The summed E-state index contributed by atoms with van der Waals surface area (Å²) in [6.07, 6.45) is -0.126. The van der Waals surface area contributed by atoms with Crippen LogP contribution in [0.2, 0.25) is 0 Å². The maximum Gasteiger partial charge on any atom is 0.326 e. The molecule has 0 bridgehead atoms. The summed E-state index contributed by atoms with van der Waals surface area (Å²) in [5.41, 5.74) is 16.0. The minimum absolute atomic E-state index is 0.0786. The first-order valence-electron chi connectivity index (χ1n) is 8.71. The molecule has 0 saturated carbocycles. The van der Waals surface area contributed by atoms with E-state index < -0.39 is 60.8 Å². The van der Waals surface area contributed by atoms with Gasteiger partial charge in [0, 0.05) is 12.3 Å². The van der Waals surface area contributed by atoms with Crippen molar-refractivity contribution in [1.29, 1.82) is 0 Å². The number of carboxylic acid groups (broad SMARTS) is 2. The van der Waals surface area contributed by atoms with Gasteiger partial charge in [0.1, 0.15) is 12.1 Å². The highest BCUT2D eigenvalue weighted by atomic mass is 32.1. The minimum Gasteiger partial charge on any atom is -0.481 e. The van der Waals surface area contributed by atoms with Crippen molar-refractivity contribution < 1.29 is 34.2 Å². The highest BCUT2D eigenvalue weighted by molar-refractivity contribution is 7.80. The number of guanidine groups is 1. The number of thiol groups is 1. The Kier molecular flexibility index (Phi) is 12.6. The van der Waals surface area contributed by atoms with E-state index >= 15 is 0 Å². The fraction of sp³-hybridized carbons (Fsp3) is 0.600. The van der Waals surface area contributed by atoms with Gasteiger partial charge in [-0.2, -0.15) is 12.6 Å². The second-order valence-electron chi connectivity index (χ2n) is 6.07. The van der Waals surface area contributed by atoms with E-state index in [0.29, 0.717) is 13.0 Å². The number of amides is 3. The maximum absolute atomic E-state index is 12.1. The summed E-state index contributed by atoms with van der Waals surface area (Å²) < 4.78 is 0. The fourth-order valence-corrected chi connectivity index (χ4v) is 2.29. The zero-order chi connectivity index (χ0) is 23.3. The molecule has 0 aromatic heterocycles. The molecule has 0 aliphatic heterocycles. The summed E-state index contributed by atoms with van der Waals surface area (Å²) in [4.78, 5) is 61.3. The van der Waals surface area contributed by atoms with Gasteiger partial charge in [-0.1, -0.05) is 0 Å². The average molecular weight is 449 g/mol. The molecule has 15 heteroatoms. The smallest absolute Gasteiger partial charge is 0.326 e. The van der Waals surface area contributed by atoms with E-state index in [4.69, 9.17) is 27.4 Å². The monoisotopic (exact) mass is 449 g/mol. The zero-order valence-electron chi connectivity index (χ0n) is 16.0. The van der Waals surface area contributed by atoms with Crippen LogP contribution in [0.3, 0.4) is 0 Å². The topological polar surface area (TPSA) is 252 Å². The standard InChI is InChI=1S/C15H27N7O7S/c16-7(2-1-3-19-15(17)18)12(26)20-5-10(23)21-9(6-30)13(27)22-8(14(28)29)4-11(24)25/h7-9,30H,1-6,16H2,(H,20,26)(H,21,23)(H,22,27)(H,24,25)(H,28,29)(H4,17,18,19). The second-order valence-corrected chi connectivity index (χ2v) is 6.44. The zero-order valence-corrected chi connectivity index (χ0v) is 16.9. The molecule has 0 radical (unpaired) electrons. The molecule has 0 rings (SSSR count). The fourth-order valence-electron chi connectivity index (χ4n) is 2.04. The Hall–Kier alpha value is -3.07. The Morgan fingerprint density at radius 3 is 2.13 bits per heavy atom. The summed E-state index contributed by atoms with van der Waals surface area (Å²) in [6.45, 7) is -0.197. The number of hydrogen-bond acceptors (Lipinski definition) is 8. The van der Waals surface area contributed by atoms with Crippen LogP contribution in [-0.4, -0.2) is 82.8 Å². The molecular formula is C15H27N7O7S. The number of nitrogens with one attached hydrogen (secondary N) is 3. The first kappa shape index (κ1) is 26.9. The maximum atomic E-state index is 12.1. The van der Waals surface area contributed by atoms with Crippen LogP contribution in [0.1, 0.15) is 19.3 Å². The highest BCUT2D eigenvalue weighted by Crippen LogP contribution is 1.97. The number of carboxylic acids is 2. The summed E-state index contributed by atoms with van der Waals surface area (Å²) in [5.74, 6) is -5.54. The largest absolute Gasteiger partial charge is 0.481 e. The first-order chi connectivity index (χ1) is 14.0. The van der Waals surface area contributed by atoms with E-state index in [2.05, 4.69) is 28.3 Å². The van der Waals surface area contributed by atoms with Crippen LogP contribution in [0.5, 0.6) is 0 Å². The molecule has 170 valence electrons. The van der Waals surface area contributed by atoms with Gasteiger partial charge in [0.25, 0.3) is 0 Å². The molecule has 0 saturated heterocycles. The first-order valence-corrected chi connectivity index (χ1v) is 9.35. The molecule has 11 N–H and O–H groups in total. The van der Waals surface area contributed by atoms with Crippen molar-refractivity contribution in [3.8, 4) is 0 Å². The average Bonchev–Trinajstić information content (AvgIpc) is 2.65. The van der Waals surface area contributed by atoms with Crippen LogP contribution >= 0.6 is 12.6 Å². The number of carbonyl (C=O) groups is 5. The number of hydrogen-bond donors (Lipinski definition) is 9. The lowest BCUT2D eigenvalue weighted by atomic mass is 10.1. The van der Waals surface area contributed by atoms with Crippen molar-refractivity contribution >= 4 is 48.2 Å². The van der Waals surface area contributed by atoms with Crippen molar-refractivity contribution in [3.05, 3.63) is 0 Å². The number of aliphatic imine (C=N–C) groups is 1. The predicted molar refractivity (Wildman–Crippen MR) is 108 cm³/mol. The lowest BCUT2D eigenvalue weighted by Gasteiger charge is -2.19. The van der Waals surface area contributed by atoms with Crippen molar-refractivity contribution in [2.75, 3.05) is 18.8 Å². The van der Waals surface area contributed by atoms with Crippen LogP contribution in [0.15, 0.2) is 4.99 Å². The third kappa shape index (κ3) is 11.7. The van der Waals surface area contributed by atoms with Gasteiger partial charge in [0.15, 0.2) is 5.96 Å². The van der Waals surface area contributed by atoms with Gasteiger partial charge in [-0.15, -0.1) is 0 Å². The van der Waals surface area contributed by atoms with E-state index in [1.165, 1.54) is 0 Å². The molecule has 0 aliphatic carbocycles. The van der Waals surface area contributed by atoms with E-state index in [9.17, 15) is 24.0 Å². The Bertz CT molecular complexity index is 670. The van der Waals surface area contributed by atoms with Gasteiger partial charge < -0.3 is 43.4 Å². The molecule has 14 nitrogen and oxygen atoms in total. The molecule has 0 aliphatic rings. The van der Waals surface area contributed by atoms with Gasteiger partial charge in [0.05, 0.1) is 19.0 Å². The number of nitrogens with two attached hydrogens (primary N) is 3. The van der Waals surface area contributed by atoms with Crippen LogP contribution in [0.4, 0.5) is 0 Å². The molecule has 0 fully saturated rings. The predicted octanol–water partition coefficient (Wildman–Crippen LogP) is -4.06. The molecule has 30 heavy (non-hydrogen) atoms. The number of aliphatic carboxylic acids is 2. The highest BCUT2D eigenvalue weighted by Gasteiger charge is 2.27. The van der Waals surface area contributed by atoms with E-state index in [0.717, 1.165) is 0 Å². The second kappa shape index (κ2) is 14.0.